The summed E-state index contributed by atoms with van der Waals surface area (Å²) in [5.41, 5.74) is 1.32. The van der Waals surface area contributed by atoms with Crippen molar-refractivity contribution in [1.82, 2.24) is 10.2 Å². The number of nitrogens with one attached hydrogen (secondary N) is 1. The van der Waals surface area contributed by atoms with Crippen LogP contribution >= 0.6 is 0 Å². The number of aldehydes is 1. The number of benzene rings is 2. The number of amides is 1. The molecule has 2 aromatic carbocycles. The van der Waals surface area contributed by atoms with Crippen molar-refractivity contribution in [2.45, 2.75) is 6.04 Å². The van der Waals surface area contributed by atoms with E-state index in [1.807, 2.05) is 0 Å². The molecule has 2 aromatic rings. The smallest absolute Gasteiger partial charge is 0.258 e. The predicted octanol–water partition coefficient (Wildman–Crippen LogP) is 2.21. The number of hydrogen-bond acceptors (Lipinski definition) is 5. The van der Waals surface area contributed by atoms with E-state index in [9.17, 15) is 14.0 Å². The summed E-state index contributed by atoms with van der Waals surface area (Å²) in [6.45, 7) is 2.89. The molecule has 0 radical (unpaired) electrons. The number of carbonyl (C=O) groups is 2. The zero-order valence-electron chi connectivity index (χ0n) is 15.5. The lowest BCUT2D eigenvalue weighted by molar-refractivity contribution is -0.123. The standard InChI is InChI=1S/C21H23FN2O4/c22-18-7-5-16(6-8-18)19(24-9-11-27-12-10-24)13-23-21(26)15-28-20-4-2-1-3-17(20)14-25/h1-8,14,19H,9-13,15H2,(H,23,26). The largest absolute Gasteiger partial charge is 0.483 e. The first-order valence-electron chi connectivity index (χ1n) is 9.18. The molecular formula is C21H23FN2O4. The van der Waals surface area contributed by atoms with E-state index in [0.717, 1.165) is 18.7 Å². The first kappa shape index (κ1) is 20.0. The van der Waals surface area contributed by atoms with Gasteiger partial charge in [-0.15, -0.1) is 0 Å². The highest BCUT2D eigenvalue weighted by atomic mass is 19.1. The number of carbonyl (C=O) groups excluding carboxylic acids is 2. The Morgan fingerprint density at radius 1 is 1.18 bits per heavy atom. The molecule has 3 rings (SSSR count). The molecule has 1 fully saturated rings. The van der Waals surface area contributed by atoms with Gasteiger partial charge in [0.25, 0.3) is 5.91 Å². The Morgan fingerprint density at radius 3 is 2.61 bits per heavy atom. The maximum absolute atomic E-state index is 13.3. The molecule has 1 atom stereocenters. The SMILES string of the molecule is O=Cc1ccccc1OCC(=O)NCC(c1ccc(F)cc1)N1CCOCC1. The van der Waals surface area contributed by atoms with Gasteiger partial charge in [-0.2, -0.15) is 0 Å². The van der Waals surface area contributed by atoms with Gasteiger partial charge in [0.05, 0.1) is 24.8 Å². The Morgan fingerprint density at radius 2 is 1.89 bits per heavy atom. The third-order valence-electron chi connectivity index (χ3n) is 4.64. The number of hydrogen-bond donors (Lipinski definition) is 1. The quantitative estimate of drug-likeness (QED) is 0.705. The van der Waals surface area contributed by atoms with Crippen LogP contribution in [0, 0.1) is 5.82 Å². The van der Waals surface area contributed by atoms with Gasteiger partial charge in [0.15, 0.2) is 12.9 Å². The summed E-state index contributed by atoms with van der Waals surface area (Å²) in [6, 6.07) is 13.0. The van der Waals surface area contributed by atoms with Crippen LogP contribution in [0.3, 0.4) is 0 Å². The van der Waals surface area contributed by atoms with Crippen LogP contribution in [0.4, 0.5) is 4.39 Å². The van der Waals surface area contributed by atoms with Crippen molar-refractivity contribution in [2.24, 2.45) is 0 Å². The van der Waals surface area contributed by atoms with Crippen molar-refractivity contribution < 1.29 is 23.5 Å². The molecule has 1 aliphatic heterocycles. The van der Waals surface area contributed by atoms with Gasteiger partial charge >= 0.3 is 0 Å². The maximum Gasteiger partial charge on any atom is 0.258 e. The van der Waals surface area contributed by atoms with Gasteiger partial charge in [0.2, 0.25) is 0 Å². The van der Waals surface area contributed by atoms with Crippen molar-refractivity contribution >= 4 is 12.2 Å². The summed E-state index contributed by atoms with van der Waals surface area (Å²) in [4.78, 5) is 25.5. The van der Waals surface area contributed by atoms with Crippen LogP contribution in [-0.4, -0.2) is 56.5 Å². The Balaban J connectivity index is 1.60. The number of para-hydroxylation sites is 1. The summed E-state index contributed by atoms with van der Waals surface area (Å²) >= 11 is 0. The van der Waals surface area contributed by atoms with Gasteiger partial charge in [-0.1, -0.05) is 24.3 Å². The Kier molecular flexibility index (Phi) is 7.11. The summed E-state index contributed by atoms with van der Waals surface area (Å²) in [7, 11) is 0. The van der Waals surface area contributed by atoms with Crippen molar-refractivity contribution in [1.29, 1.82) is 0 Å². The minimum Gasteiger partial charge on any atom is -0.483 e. The third kappa shape index (κ3) is 5.37. The molecule has 0 saturated carbocycles. The van der Waals surface area contributed by atoms with Gasteiger partial charge in [0.1, 0.15) is 11.6 Å². The van der Waals surface area contributed by atoms with Crippen LogP contribution in [0.2, 0.25) is 0 Å². The molecule has 1 aliphatic rings. The van der Waals surface area contributed by atoms with E-state index in [2.05, 4.69) is 10.2 Å². The van der Waals surface area contributed by atoms with E-state index in [-0.39, 0.29) is 24.4 Å². The fraction of sp³-hybridized carbons (Fsp3) is 0.333. The van der Waals surface area contributed by atoms with Crippen molar-refractivity contribution in [3.8, 4) is 5.75 Å². The number of morpholine rings is 1. The van der Waals surface area contributed by atoms with Gasteiger partial charge in [0, 0.05) is 19.6 Å². The Labute approximate surface area is 163 Å². The van der Waals surface area contributed by atoms with Crippen LogP contribution in [0.5, 0.6) is 5.75 Å². The Bertz CT molecular complexity index is 791. The maximum atomic E-state index is 13.3. The van der Waals surface area contributed by atoms with Crippen LogP contribution < -0.4 is 10.1 Å². The normalized spacial score (nSPS) is 15.6. The van der Waals surface area contributed by atoms with E-state index >= 15 is 0 Å². The highest BCUT2D eigenvalue weighted by molar-refractivity contribution is 5.80. The minimum atomic E-state index is -0.296. The van der Waals surface area contributed by atoms with Crippen molar-refractivity contribution in [3.05, 3.63) is 65.5 Å². The molecular weight excluding hydrogens is 363 g/mol. The molecule has 6 nitrogen and oxygen atoms in total. The molecule has 1 heterocycles. The second-order valence-electron chi connectivity index (χ2n) is 6.46. The van der Waals surface area contributed by atoms with Crippen LogP contribution in [0.15, 0.2) is 48.5 Å². The lowest BCUT2D eigenvalue weighted by atomic mass is 10.0. The molecule has 148 valence electrons. The predicted molar refractivity (Wildman–Crippen MR) is 102 cm³/mol. The van der Waals surface area contributed by atoms with Gasteiger partial charge in [-0.05, 0) is 29.8 Å². The molecule has 1 saturated heterocycles. The molecule has 0 bridgehead atoms. The average Bonchev–Trinajstić information content (AvgIpc) is 2.74. The Hall–Kier alpha value is -2.77. The summed E-state index contributed by atoms with van der Waals surface area (Å²) in [5.74, 6) is -0.215. The number of nitrogens with zero attached hydrogens (tertiary/aromatic N) is 1. The molecule has 0 aromatic heterocycles. The average molecular weight is 386 g/mol. The molecule has 7 heteroatoms. The zero-order valence-corrected chi connectivity index (χ0v) is 15.5. The number of rotatable bonds is 8. The fourth-order valence-corrected chi connectivity index (χ4v) is 3.15. The van der Waals surface area contributed by atoms with Crippen molar-refractivity contribution in [3.63, 3.8) is 0 Å². The fourth-order valence-electron chi connectivity index (χ4n) is 3.15. The lowest BCUT2D eigenvalue weighted by Crippen LogP contribution is -2.44. The molecule has 1 unspecified atom stereocenters. The van der Waals surface area contributed by atoms with E-state index in [1.165, 1.54) is 12.1 Å². The van der Waals surface area contributed by atoms with Gasteiger partial charge < -0.3 is 14.8 Å². The van der Waals surface area contributed by atoms with Crippen molar-refractivity contribution in [2.75, 3.05) is 39.5 Å². The topological polar surface area (TPSA) is 67.9 Å². The number of ether oxygens (including phenoxy) is 2. The second kappa shape index (κ2) is 9.96. The molecule has 0 spiro atoms. The first-order chi connectivity index (χ1) is 13.7. The highest BCUT2D eigenvalue weighted by Crippen LogP contribution is 2.22. The van der Waals surface area contributed by atoms with Crippen LogP contribution in [-0.2, 0) is 9.53 Å². The highest BCUT2D eigenvalue weighted by Gasteiger charge is 2.23. The summed E-state index contributed by atoms with van der Waals surface area (Å²) < 4.78 is 24.2. The van der Waals surface area contributed by atoms with E-state index in [0.29, 0.717) is 37.4 Å². The monoisotopic (exact) mass is 386 g/mol. The van der Waals surface area contributed by atoms with Gasteiger partial charge in [-0.3, -0.25) is 14.5 Å². The minimum absolute atomic E-state index is 0.0873. The summed E-state index contributed by atoms with van der Waals surface area (Å²) in [5, 5.41) is 2.87. The first-order valence-corrected chi connectivity index (χ1v) is 9.18. The van der Waals surface area contributed by atoms with E-state index in [4.69, 9.17) is 9.47 Å². The molecule has 28 heavy (non-hydrogen) atoms. The van der Waals surface area contributed by atoms with Crippen LogP contribution in [0.25, 0.3) is 0 Å². The zero-order chi connectivity index (χ0) is 19.8. The van der Waals surface area contributed by atoms with Crippen LogP contribution in [0.1, 0.15) is 22.0 Å². The second-order valence-corrected chi connectivity index (χ2v) is 6.46. The molecule has 1 N–H and O–H groups in total. The number of halogens is 1. The molecule has 0 aliphatic carbocycles. The van der Waals surface area contributed by atoms with Gasteiger partial charge in [-0.25, -0.2) is 4.39 Å². The molecule has 1 amide bonds. The third-order valence-corrected chi connectivity index (χ3v) is 4.64. The van der Waals surface area contributed by atoms with E-state index in [1.54, 1.807) is 36.4 Å². The van der Waals surface area contributed by atoms with E-state index < -0.39 is 0 Å². The lowest BCUT2D eigenvalue weighted by Gasteiger charge is -2.35. The summed E-state index contributed by atoms with van der Waals surface area (Å²) in [6.07, 6.45) is 0.691.